The van der Waals surface area contributed by atoms with Crippen LogP contribution in [0.4, 0.5) is 0 Å². The van der Waals surface area contributed by atoms with Gasteiger partial charge in [-0.05, 0) is 42.1 Å². The molecule has 0 unspecified atom stereocenters. The van der Waals surface area contributed by atoms with Crippen molar-refractivity contribution in [3.63, 3.8) is 0 Å². The van der Waals surface area contributed by atoms with Crippen LogP contribution in [0.1, 0.15) is 18.1 Å². The molecule has 0 spiro atoms. The maximum absolute atomic E-state index is 12.2. The minimum atomic E-state index is -3.45. The van der Waals surface area contributed by atoms with Crippen molar-refractivity contribution in [3.8, 4) is 0 Å². The normalized spacial score (nSPS) is 17.8. The van der Waals surface area contributed by atoms with Crippen LogP contribution in [0.2, 0.25) is 5.02 Å². The fraction of sp³-hybridized carbons (Fsp3) is 0.538. The lowest BCUT2D eigenvalue weighted by Gasteiger charge is -2.28. The first kappa shape index (κ1) is 15.7. The molecule has 112 valence electrons. The molecule has 0 aromatic heterocycles. The van der Waals surface area contributed by atoms with Gasteiger partial charge in [0.2, 0.25) is 0 Å². The summed E-state index contributed by atoms with van der Waals surface area (Å²) >= 11 is 5.95. The number of nitrogens with zero attached hydrogens (tertiary/aromatic N) is 1. The maximum atomic E-state index is 12.2. The van der Waals surface area contributed by atoms with Crippen LogP contribution in [-0.2, 0) is 23.2 Å². The Bertz CT molecular complexity index is 577. The first-order valence-corrected chi connectivity index (χ1v) is 8.46. The van der Waals surface area contributed by atoms with Crippen LogP contribution in [0, 0.1) is 5.92 Å². The van der Waals surface area contributed by atoms with E-state index in [1.807, 2.05) is 19.1 Å². The number of fused-ring (bicyclic) bond motifs is 1. The second kappa shape index (κ2) is 6.41. The van der Waals surface area contributed by atoms with Gasteiger partial charge in [0.1, 0.15) is 0 Å². The second-order valence-corrected chi connectivity index (χ2v) is 7.38. The molecule has 0 saturated carbocycles. The zero-order valence-corrected chi connectivity index (χ0v) is 13.0. The van der Waals surface area contributed by atoms with E-state index in [9.17, 15) is 8.42 Å². The number of rotatable bonds is 5. The summed E-state index contributed by atoms with van der Waals surface area (Å²) in [5.74, 6) is 0.126. The van der Waals surface area contributed by atoms with E-state index >= 15 is 0 Å². The molecule has 1 aromatic rings. The molecule has 0 amide bonds. The quantitative estimate of drug-likeness (QED) is 0.854. The smallest absolute Gasteiger partial charge is 0.279 e. The highest BCUT2D eigenvalue weighted by molar-refractivity contribution is 7.87. The second-order valence-electron chi connectivity index (χ2n) is 5.19. The Morgan fingerprint density at radius 2 is 2.20 bits per heavy atom. The molecule has 1 heterocycles. The molecule has 7 heteroatoms. The molecule has 2 rings (SSSR count). The number of nitrogens with two attached hydrogens (primary N) is 1. The van der Waals surface area contributed by atoms with Crippen molar-refractivity contribution in [1.29, 1.82) is 0 Å². The number of halogens is 1. The molecule has 0 bridgehead atoms. The molecule has 0 fully saturated rings. The van der Waals surface area contributed by atoms with Crippen LogP contribution in [0.5, 0.6) is 0 Å². The molecular weight excluding hydrogens is 298 g/mol. The Morgan fingerprint density at radius 3 is 2.90 bits per heavy atom. The lowest BCUT2D eigenvalue weighted by Crippen LogP contribution is -2.45. The number of hydrogen-bond donors (Lipinski definition) is 2. The van der Waals surface area contributed by atoms with E-state index in [1.165, 1.54) is 4.31 Å². The summed E-state index contributed by atoms with van der Waals surface area (Å²) < 4.78 is 28.5. The van der Waals surface area contributed by atoms with Gasteiger partial charge in [0, 0.05) is 24.7 Å². The van der Waals surface area contributed by atoms with Crippen molar-refractivity contribution in [1.82, 2.24) is 9.03 Å². The standard InChI is InChI=1S/C13H20ClN3O2S/c1-10(7-15)8-16-20(18,19)17-5-4-11-6-13(14)3-2-12(11)9-17/h2-3,6,10,16H,4-5,7-9,15H2,1H3/t10-/m0/s1. The Hall–Kier alpha value is -0.660. The molecule has 1 aromatic carbocycles. The van der Waals surface area contributed by atoms with E-state index in [2.05, 4.69) is 4.72 Å². The minimum absolute atomic E-state index is 0.126. The average molecular weight is 318 g/mol. The summed E-state index contributed by atoms with van der Waals surface area (Å²) in [6.45, 7) is 3.60. The topological polar surface area (TPSA) is 75.4 Å². The zero-order valence-electron chi connectivity index (χ0n) is 11.5. The van der Waals surface area contributed by atoms with Crippen molar-refractivity contribution in [2.75, 3.05) is 19.6 Å². The third kappa shape index (κ3) is 3.71. The third-order valence-corrected chi connectivity index (χ3v) is 5.26. The first-order valence-electron chi connectivity index (χ1n) is 6.64. The van der Waals surface area contributed by atoms with Gasteiger partial charge in [-0.15, -0.1) is 0 Å². The molecule has 3 N–H and O–H groups in total. The minimum Gasteiger partial charge on any atom is -0.330 e. The van der Waals surface area contributed by atoms with Gasteiger partial charge < -0.3 is 5.73 Å². The maximum Gasteiger partial charge on any atom is 0.279 e. The van der Waals surface area contributed by atoms with Crippen LogP contribution in [0.15, 0.2) is 18.2 Å². The van der Waals surface area contributed by atoms with E-state index < -0.39 is 10.2 Å². The first-order chi connectivity index (χ1) is 9.42. The van der Waals surface area contributed by atoms with Crippen molar-refractivity contribution in [3.05, 3.63) is 34.3 Å². The summed E-state index contributed by atoms with van der Waals surface area (Å²) in [6.07, 6.45) is 0.684. The van der Waals surface area contributed by atoms with Gasteiger partial charge >= 0.3 is 0 Å². The lowest BCUT2D eigenvalue weighted by atomic mass is 10.0. The fourth-order valence-electron chi connectivity index (χ4n) is 2.12. The van der Waals surface area contributed by atoms with Crippen LogP contribution in [0.3, 0.4) is 0 Å². The van der Waals surface area contributed by atoms with Crippen molar-refractivity contribution < 1.29 is 8.42 Å². The van der Waals surface area contributed by atoms with Crippen molar-refractivity contribution in [2.24, 2.45) is 11.7 Å². The van der Waals surface area contributed by atoms with Crippen LogP contribution >= 0.6 is 11.6 Å². The van der Waals surface area contributed by atoms with Gasteiger partial charge in [-0.2, -0.15) is 12.7 Å². The number of benzene rings is 1. The van der Waals surface area contributed by atoms with E-state index in [1.54, 1.807) is 6.07 Å². The number of nitrogens with one attached hydrogen (secondary N) is 1. The van der Waals surface area contributed by atoms with E-state index in [0.29, 0.717) is 37.6 Å². The molecule has 0 radical (unpaired) electrons. The summed E-state index contributed by atoms with van der Waals surface area (Å²) in [6, 6.07) is 5.59. The highest BCUT2D eigenvalue weighted by atomic mass is 35.5. The molecular formula is C13H20ClN3O2S. The molecule has 20 heavy (non-hydrogen) atoms. The van der Waals surface area contributed by atoms with Gasteiger partial charge in [0.25, 0.3) is 10.2 Å². The highest BCUT2D eigenvalue weighted by Gasteiger charge is 2.26. The van der Waals surface area contributed by atoms with Crippen LogP contribution in [-0.4, -0.2) is 32.4 Å². The Morgan fingerprint density at radius 1 is 1.45 bits per heavy atom. The summed E-state index contributed by atoms with van der Waals surface area (Å²) in [4.78, 5) is 0. The number of hydrogen-bond acceptors (Lipinski definition) is 3. The summed E-state index contributed by atoms with van der Waals surface area (Å²) in [7, 11) is -3.45. The molecule has 0 aliphatic carbocycles. The zero-order chi connectivity index (χ0) is 14.8. The summed E-state index contributed by atoms with van der Waals surface area (Å²) in [5, 5.41) is 0.690. The fourth-order valence-corrected chi connectivity index (χ4v) is 3.64. The van der Waals surface area contributed by atoms with Crippen LogP contribution in [0.25, 0.3) is 0 Å². The van der Waals surface area contributed by atoms with E-state index in [0.717, 1.165) is 11.1 Å². The Kier molecular flexibility index (Phi) is 5.04. The molecule has 1 atom stereocenters. The predicted octanol–water partition coefficient (Wildman–Crippen LogP) is 1.13. The van der Waals surface area contributed by atoms with Gasteiger partial charge in [-0.3, -0.25) is 0 Å². The Balaban J connectivity index is 2.06. The summed E-state index contributed by atoms with van der Waals surface area (Å²) in [5.41, 5.74) is 7.63. The molecule has 1 aliphatic rings. The van der Waals surface area contributed by atoms with E-state index in [-0.39, 0.29) is 5.92 Å². The molecule has 1 aliphatic heterocycles. The van der Waals surface area contributed by atoms with Crippen molar-refractivity contribution >= 4 is 21.8 Å². The Labute approximate surface area is 125 Å². The van der Waals surface area contributed by atoms with Crippen LogP contribution < -0.4 is 10.5 Å². The largest absolute Gasteiger partial charge is 0.330 e. The van der Waals surface area contributed by atoms with Gasteiger partial charge in [-0.1, -0.05) is 24.6 Å². The van der Waals surface area contributed by atoms with Gasteiger partial charge in [0.15, 0.2) is 0 Å². The monoisotopic (exact) mass is 317 g/mol. The highest BCUT2D eigenvalue weighted by Crippen LogP contribution is 2.23. The SMILES string of the molecule is C[C@@H](CN)CNS(=O)(=O)N1CCc2cc(Cl)ccc2C1. The third-order valence-electron chi connectivity index (χ3n) is 3.50. The average Bonchev–Trinajstić information content (AvgIpc) is 2.44. The molecule has 5 nitrogen and oxygen atoms in total. The molecule has 0 saturated heterocycles. The van der Waals surface area contributed by atoms with E-state index in [4.69, 9.17) is 17.3 Å². The van der Waals surface area contributed by atoms with Gasteiger partial charge in [-0.25, -0.2) is 4.72 Å². The van der Waals surface area contributed by atoms with Crippen molar-refractivity contribution in [2.45, 2.75) is 19.9 Å². The predicted molar refractivity (Wildman–Crippen MR) is 80.7 cm³/mol. The van der Waals surface area contributed by atoms with Gasteiger partial charge in [0.05, 0.1) is 0 Å². The lowest BCUT2D eigenvalue weighted by molar-refractivity contribution is 0.381.